The summed E-state index contributed by atoms with van der Waals surface area (Å²) in [4.78, 5) is 24.1. The van der Waals surface area contributed by atoms with Crippen molar-refractivity contribution < 1.29 is 19.4 Å². The van der Waals surface area contributed by atoms with E-state index in [2.05, 4.69) is 5.32 Å². The summed E-state index contributed by atoms with van der Waals surface area (Å²) in [5.41, 5.74) is 4.34. The van der Waals surface area contributed by atoms with Gasteiger partial charge in [-0.15, -0.1) is 0 Å². The fraction of sp³-hybridized carbons (Fsp3) is 0.222. The summed E-state index contributed by atoms with van der Waals surface area (Å²) in [5, 5.41) is 13.6. The van der Waals surface area contributed by atoms with Gasteiger partial charge in [-0.25, -0.2) is 0 Å². The third-order valence-corrected chi connectivity index (χ3v) is 3.68. The number of primary amides is 1. The van der Waals surface area contributed by atoms with Gasteiger partial charge in [0, 0.05) is 19.2 Å². The molecule has 0 aliphatic heterocycles. The number of rotatable bonds is 7. The first-order valence-corrected chi connectivity index (χ1v) is 7.45. The summed E-state index contributed by atoms with van der Waals surface area (Å²) < 4.78 is 4.88. The lowest BCUT2D eigenvalue weighted by molar-refractivity contribution is -0.133. The predicted molar refractivity (Wildman–Crippen MR) is 89.3 cm³/mol. The first-order valence-electron chi connectivity index (χ1n) is 7.45. The van der Waals surface area contributed by atoms with E-state index in [9.17, 15) is 14.7 Å². The van der Waals surface area contributed by atoms with Crippen molar-refractivity contribution >= 4 is 11.8 Å². The van der Waals surface area contributed by atoms with Gasteiger partial charge in [0.2, 0.25) is 0 Å². The topological polar surface area (TPSA) is 102 Å². The van der Waals surface area contributed by atoms with E-state index in [1.54, 1.807) is 55.6 Å². The normalized spacial score (nSPS) is 13.1. The average molecular weight is 328 g/mol. The van der Waals surface area contributed by atoms with E-state index in [1.165, 1.54) is 6.07 Å². The Balaban J connectivity index is 2.37. The van der Waals surface area contributed by atoms with E-state index in [0.717, 1.165) is 0 Å². The first kappa shape index (κ1) is 17.7. The Morgan fingerprint density at radius 2 is 1.79 bits per heavy atom. The minimum absolute atomic E-state index is 0.237. The number of nitrogens with two attached hydrogens (primary N) is 1. The Morgan fingerprint density at radius 3 is 2.42 bits per heavy atom. The Bertz CT molecular complexity index is 718. The molecule has 0 saturated carbocycles. The summed E-state index contributed by atoms with van der Waals surface area (Å²) in [7, 11) is 1.54. The maximum absolute atomic E-state index is 12.1. The lowest BCUT2D eigenvalue weighted by Gasteiger charge is -2.26. The van der Waals surface area contributed by atoms with E-state index in [0.29, 0.717) is 24.3 Å². The fourth-order valence-corrected chi connectivity index (χ4v) is 2.38. The molecule has 6 nitrogen and oxygen atoms in total. The van der Waals surface area contributed by atoms with Crippen LogP contribution in [-0.2, 0) is 15.1 Å². The maximum Gasteiger partial charge on any atom is 0.258 e. The van der Waals surface area contributed by atoms with E-state index in [-0.39, 0.29) is 11.5 Å². The molecule has 2 aromatic carbocycles. The zero-order valence-corrected chi connectivity index (χ0v) is 13.4. The second kappa shape index (κ2) is 7.72. The minimum atomic E-state index is -2.01. The van der Waals surface area contributed by atoms with Crippen LogP contribution in [0.4, 0.5) is 0 Å². The van der Waals surface area contributed by atoms with Crippen LogP contribution in [-0.4, -0.2) is 37.2 Å². The van der Waals surface area contributed by atoms with Crippen molar-refractivity contribution in [1.29, 1.82) is 0 Å². The summed E-state index contributed by atoms with van der Waals surface area (Å²) in [6.07, 6.45) is 0. The third kappa shape index (κ3) is 3.61. The van der Waals surface area contributed by atoms with Gasteiger partial charge >= 0.3 is 0 Å². The number of ether oxygens (including phenoxy) is 1. The fourth-order valence-electron chi connectivity index (χ4n) is 2.38. The Morgan fingerprint density at radius 1 is 1.12 bits per heavy atom. The van der Waals surface area contributed by atoms with Crippen LogP contribution in [0.25, 0.3) is 0 Å². The number of nitrogens with one attached hydrogen (secondary N) is 1. The molecule has 1 unspecified atom stereocenters. The van der Waals surface area contributed by atoms with Gasteiger partial charge in [-0.3, -0.25) is 9.59 Å². The molecule has 4 N–H and O–H groups in total. The van der Waals surface area contributed by atoms with Crippen LogP contribution in [0.2, 0.25) is 0 Å². The van der Waals surface area contributed by atoms with Crippen LogP contribution in [0.5, 0.6) is 0 Å². The van der Waals surface area contributed by atoms with Crippen LogP contribution < -0.4 is 11.1 Å². The van der Waals surface area contributed by atoms with Gasteiger partial charge in [0.25, 0.3) is 11.8 Å². The maximum atomic E-state index is 12.1. The number of benzene rings is 2. The van der Waals surface area contributed by atoms with Crippen molar-refractivity contribution in [2.24, 2.45) is 5.73 Å². The van der Waals surface area contributed by atoms with Gasteiger partial charge in [0.05, 0.1) is 6.61 Å². The summed E-state index contributed by atoms with van der Waals surface area (Å²) in [6, 6.07) is 14.6. The summed E-state index contributed by atoms with van der Waals surface area (Å²) in [6.45, 7) is 0.749. The van der Waals surface area contributed by atoms with E-state index >= 15 is 0 Å². The zero-order valence-electron chi connectivity index (χ0n) is 13.4. The summed E-state index contributed by atoms with van der Waals surface area (Å²) >= 11 is 0. The molecular formula is C18H20N2O4. The highest BCUT2D eigenvalue weighted by Crippen LogP contribution is 2.29. The van der Waals surface area contributed by atoms with Crippen LogP contribution >= 0.6 is 0 Å². The molecule has 6 heteroatoms. The van der Waals surface area contributed by atoms with Crippen LogP contribution in [0.15, 0.2) is 54.6 Å². The van der Waals surface area contributed by atoms with Gasteiger partial charge in [-0.05, 0) is 23.3 Å². The molecule has 1 atom stereocenters. The second-order valence-electron chi connectivity index (χ2n) is 5.27. The Labute approximate surface area is 140 Å². The molecule has 0 bridgehead atoms. The number of carbonyl (C=O) groups excluding carboxylic acids is 2. The zero-order chi connectivity index (χ0) is 17.6. The number of amides is 2. The molecule has 0 aliphatic carbocycles. The Hall–Kier alpha value is -2.70. The number of hydrogen-bond acceptors (Lipinski definition) is 4. The third-order valence-electron chi connectivity index (χ3n) is 3.68. The monoisotopic (exact) mass is 328 g/mol. The molecule has 2 rings (SSSR count). The molecular weight excluding hydrogens is 308 g/mol. The molecule has 0 radical (unpaired) electrons. The number of carbonyl (C=O) groups is 2. The highest BCUT2D eigenvalue weighted by molar-refractivity contribution is 5.95. The smallest absolute Gasteiger partial charge is 0.258 e. The van der Waals surface area contributed by atoms with Crippen molar-refractivity contribution in [3.63, 3.8) is 0 Å². The van der Waals surface area contributed by atoms with E-state index in [4.69, 9.17) is 10.5 Å². The van der Waals surface area contributed by atoms with Gasteiger partial charge in [0.15, 0.2) is 5.60 Å². The van der Waals surface area contributed by atoms with E-state index < -0.39 is 11.5 Å². The minimum Gasteiger partial charge on any atom is -0.383 e. The molecule has 0 aromatic heterocycles. The molecule has 0 fully saturated rings. The lowest BCUT2D eigenvalue weighted by Crippen LogP contribution is -2.42. The Kier molecular flexibility index (Phi) is 5.68. The van der Waals surface area contributed by atoms with E-state index in [1.807, 2.05) is 0 Å². The van der Waals surface area contributed by atoms with Crippen molar-refractivity contribution in [2.45, 2.75) is 5.60 Å². The van der Waals surface area contributed by atoms with Gasteiger partial charge < -0.3 is 20.9 Å². The van der Waals surface area contributed by atoms with Crippen molar-refractivity contribution in [3.8, 4) is 0 Å². The van der Waals surface area contributed by atoms with Crippen LogP contribution in [0.1, 0.15) is 21.5 Å². The standard InChI is InChI=1S/C18H20N2O4/c1-24-11-10-20-16(21)13-6-5-9-15(12-13)18(23,17(19)22)14-7-3-2-4-8-14/h2-9,12,23H,10-11H2,1H3,(H2,19,22)(H,20,21). The molecule has 2 aromatic rings. The largest absolute Gasteiger partial charge is 0.383 e. The SMILES string of the molecule is COCCNC(=O)c1cccc(C(O)(C(N)=O)c2ccccc2)c1. The lowest BCUT2D eigenvalue weighted by atomic mass is 9.85. The quantitative estimate of drug-likeness (QED) is 0.654. The average Bonchev–Trinajstić information content (AvgIpc) is 2.61. The van der Waals surface area contributed by atoms with Crippen LogP contribution in [0, 0.1) is 0 Å². The molecule has 0 saturated heterocycles. The van der Waals surface area contributed by atoms with Crippen molar-refractivity contribution in [1.82, 2.24) is 5.32 Å². The second-order valence-corrected chi connectivity index (χ2v) is 5.27. The molecule has 24 heavy (non-hydrogen) atoms. The summed E-state index contributed by atoms with van der Waals surface area (Å²) in [5.74, 6) is -1.24. The molecule has 0 spiro atoms. The number of aliphatic hydroxyl groups is 1. The van der Waals surface area contributed by atoms with Gasteiger partial charge in [-0.2, -0.15) is 0 Å². The highest BCUT2D eigenvalue weighted by atomic mass is 16.5. The molecule has 126 valence electrons. The number of methoxy groups -OCH3 is 1. The van der Waals surface area contributed by atoms with Crippen molar-refractivity contribution in [3.05, 3.63) is 71.3 Å². The molecule has 0 heterocycles. The molecule has 2 amide bonds. The predicted octanol–water partition coefficient (Wildman–Crippen LogP) is 0.784. The molecule has 0 aliphatic rings. The van der Waals surface area contributed by atoms with Crippen molar-refractivity contribution in [2.75, 3.05) is 20.3 Å². The van der Waals surface area contributed by atoms with Gasteiger partial charge in [-0.1, -0.05) is 42.5 Å². The first-order chi connectivity index (χ1) is 11.5. The van der Waals surface area contributed by atoms with Crippen LogP contribution in [0.3, 0.4) is 0 Å². The number of hydrogen-bond donors (Lipinski definition) is 3. The van der Waals surface area contributed by atoms with Gasteiger partial charge in [0.1, 0.15) is 0 Å². The highest BCUT2D eigenvalue weighted by Gasteiger charge is 2.38.